The van der Waals surface area contributed by atoms with Crippen LogP contribution in [0.1, 0.15) is 33.6 Å². The highest BCUT2D eigenvalue weighted by Crippen LogP contribution is 2.33. The van der Waals surface area contributed by atoms with Gasteiger partial charge in [0.2, 0.25) is 0 Å². The smallest absolute Gasteiger partial charge is 0.333 e. The van der Waals surface area contributed by atoms with E-state index in [1.54, 1.807) is 6.92 Å². The van der Waals surface area contributed by atoms with Crippen molar-refractivity contribution in [1.82, 2.24) is 0 Å². The summed E-state index contributed by atoms with van der Waals surface area (Å²) in [6, 6.07) is 0. The molecule has 6 heteroatoms. The number of allylic oxidation sites excluding steroid dienone is 1. The Morgan fingerprint density at radius 3 is 2.12 bits per heavy atom. The Balaban J connectivity index is 4.27. The van der Waals surface area contributed by atoms with Gasteiger partial charge in [-0.1, -0.05) is 19.4 Å². The molecule has 0 atom stereocenters. The van der Waals surface area contributed by atoms with Crippen LogP contribution in [0.3, 0.4) is 0 Å². The molecule has 0 aromatic heterocycles. The minimum atomic E-state index is -4.08. The monoisotopic (exact) mass is 250 g/mol. The lowest BCUT2D eigenvalue weighted by atomic mass is 10.1. The summed E-state index contributed by atoms with van der Waals surface area (Å²) in [7, 11) is -4.08. The molecule has 0 radical (unpaired) electrons. The number of esters is 1. The molecule has 0 amide bonds. The first-order chi connectivity index (χ1) is 7.31. The molecule has 0 aliphatic heterocycles. The zero-order valence-electron chi connectivity index (χ0n) is 9.89. The molecule has 0 unspecified atom stereocenters. The largest absolute Gasteiger partial charge is 0.462 e. The van der Waals surface area contributed by atoms with Crippen LogP contribution in [-0.4, -0.2) is 28.5 Å². The maximum absolute atomic E-state index is 11.5. The fraction of sp³-hybridized carbons (Fsp3) is 0.700. The third kappa shape index (κ3) is 6.05. The Kier molecular flexibility index (Phi) is 6.56. The van der Waals surface area contributed by atoms with Gasteiger partial charge < -0.3 is 14.5 Å². The molecule has 94 valence electrons. The van der Waals surface area contributed by atoms with Gasteiger partial charge in [0.05, 0.1) is 6.16 Å². The highest BCUT2D eigenvalue weighted by Gasteiger charge is 2.15. The molecular formula is C10H19O5P. The zero-order chi connectivity index (χ0) is 12.8. The maximum Gasteiger partial charge on any atom is 0.333 e. The Morgan fingerprint density at radius 1 is 1.25 bits per heavy atom. The van der Waals surface area contributed by atoms with Crippen LogP contribution in [-0.2, 0) is 14.1 Å². The van der Waals surface area contributed by atoms with E-state index in [2.05, 4.69) is 0 Å². The second-order valence-corrected chi connectivity index (χ2v) is 5.24. The molecular weight excluding hydrogens is 231 g/mol. The van der Waals surface area contributed by atoms with Gasteiger partial charge in [-0.05, 0) is 19.8 Å². The average Bonchev–Trinajstić information content (AvgIpc) is 2.17. The quantitative estimate of drug-likeness (QED) is 0.427. The molecule has 0 fully saturated rings. The topological polar surface area (TPSA) is 83.8 Å². The molecule has 0 heterocycles. The van der Waals surface area contributed by atoms with Crippen LogP contribution in [0.5, 0.6) is 0 Å². The third-order valence-corrected chi connectivity index (χ3v) is 3.07. The van der Waals surface area contributed by atoms with E-state index >= 15 is 0 Å². The van der Waals surface area contributed by atoms with Gasteiger partial charge in [0.15, 0.2) is 0 Å². The van der Waals surface area contributed by atoms with E-state index < -0.39 is 19.7 Å². The summed E-state index contributed by atoms with van der Waals surface area (Å²) in [5.41, 5.74) is 1.54. The first kappa shape index (κ1) is 15.4. The minimum absolute atomic E-state index is 0.249. The normalized spacial score (nSPS) is 11.1. The van der Waals surface area contributed by atoms with Crippen LogP contribution >= 0.6 is 7.60 Å². The molecule has 0 saturated carbocycles. The van der Waals surface area contributed by atoms with E-state index in [4.69, 9.17) is 14.5 Å². The molecule has 0 aromatic rings. The summed E-state index contributed by atoms with van der Waals surface area (Å²) in [6.45, 7) is 5.32. The van der Waals surface area contributed by atoms with E-state index in [1.807, 2.05) is 13.8 Å². The fourth-order valence-corrected chi connectivity index (χ4v) is 1.62. The molecule has 16 heavy (non-hydrogen) atoms. The third-order valence-electron chi connectivity index (χ3n) is 2.31. The first-order valence-electron chi connectivity index (χ1n) is 5.22. The van der Waals surface area contributed by atoms with Crippen molar-refractivity contribution in [3.63, 3.8) is 0 Å². The molecule has 5 nitrogen and oxygen atoms in total. The van der Waals surface area contributed by atoms with E-state index in [-0.39, 0.29) is 6.61 Å². The molecule has 0 aliphatic carbocycles. The van der Waals surface area contributed by atoms with E-state index in [1.165, 1.54) is 0 Å². The van der Waals surface area contributed by atoms with Gasteiger partial charge in [-0.15, -0.1) is 0 Å². The average molecular weight is 250 g/mol. The number of carbonyl (C=O) groups excluding carboxylic acids is 1. The van der Waals surface area contributed by atoms with E-state index in [0.717, 1.165) is 18.4 Å². The number of rotatable bonds is 6. The van der Waals surface area contributed by atoms with Crippen LogP contribution in [0, 0.1) is 0 Å². The Morgan fingerprint density at radius 2 is 1.75 bits per heavy atom. The van der Waals surface area contributed by atoms with Crippen LogP contribution < -0.4 is 0 Å². The van der Waals surface area contributed by atoms with Gasteiger partial charge in [-0.25, -0.2) is 4.79 Å². The van der Waals surface area contributed by atoms with Gasteiger partial charge in [0.1, 0.15) is 6.61 Å². The number of hydrogen-bond acceptors (Lipinski definition) is 3. The Labute approximate surface area is 95.7 Å². The Hall–Kier alpha value is -0.640. The summed E-state index contributed by atoms with van der Waals surface area (Å²) in [4.78, 5) is 28.6. The lowest BCUT2D eigenvalue weighted by molar-refractivity contribution is -0.138. The van der Waals surface area contributed by atoms with Gasteiger partial charge >= 0.3 is 13.6 Å². The lowest BCUT2D eigenvalue weighted by Crippen LogP contribution is -2.11. The fourth-order valence-electron chi connectivity index (χ4n) is 1.29. The van der Waals surface area contributed by atoms with Crippen molar-refractivity contribution < 1.29 is 23.9 Å². The Bertz CT molecular complexity index is 309. The first-order valence-corrected chi connectivity index (χ1v) is 7.01. The van der Waals surface area contributed by atoms with Crippen molar-refractivity contribution in [2.24, 2.45) is 0 Å². The molecule has 0 aromatic carbocycles. The molecule has 0 aliphatic rings. The van der Waals surface area contributed by atoms with E-state index in [0.29, 0.717) is 5.57 Å². The van der Waals surface area contributed by atoms with Gasteiger partial charge in [0.25, 0.3) is 0 Å². The van der Waals surface area contributed by atoms with Crippen LogP contribution in [0.2, 0.25) is 0 Å². The summed E-state index contributed by atoms with van der Waals surface area (Å²) in [6.07, 6.45) is 1.12. The van der Waals surface area contributed by atoms with Gasteiger partial charge in [-0.2, -0.15) is 0 Å². The van der Waals surface area contributed by atoms with Crippen molar-refractivity contribution in [1.29, 1.82) is 0 Å². The summed E-state index contributed by atoms with van der Waals surface area (Å²) in [5.74, 6) is -0.493. The highest BCUT2D eigenvalue weighted by atomic mass is 31.2. The second-order valence-electron chi connectivity index (χ2n) is 3.46. The highest BCUT2D eigenvalue weighted by molar-refractivity contribution is 7.51. The summed E-state index contributed by atoms with van der Waals surface area (Å²) >= 11 is 0. The predicted molar refractivity (Wildman–Crippen MR) is 61.2 cm³/mol. The van der Waals surface area contributed by atoms with Crippen LogP contribution in [0.15, 0.2) is 11.1 Å². The molecule has 0 spiro atoms. The lowest BCUT2D eigenvalue weighted by Gasteiger charge is -2.09. The maximum atomic E-state index is 11.5. The van der Waals surface area contributed by atoms with Crippen molar-refractivity contribution in [3.05, 3.63) is 11.1 Å². The molecule has 0 bridgehead atoms. The van der Waals surface area contributed by atoms with Crippen molar-refractivity contribution >= 4 is 13.6 Å². The molecule has 0 saturated heterocycles. The predicted octanol–water partition coefficient (Wildman–Crippen LogP) is 1.84. The zero-order valence-corrected chi connectivity index (χ0v) is 10.8. The standard InChI is InChI=1S/C10H19O5P/c1-4-9(5-2)8(3)10(11)15-6-7-16(12,13)14/h4-7H2,1-3H3,(H2,12,13,14). The number of carbonyl (C=O) groups is 1. The minimum Gasteiger partial charge on any atom is -0.462 e. The number of ether oxygens (including phenoxy) is 1. The molecule has 2 N–H and O–H groups in total. The van der Waals surface area contributed by atoms with Gasteiger partial charge in [-0.3, -0.25) is 4.57 Å². The number of hydrogen-bond donors (Lipinski definition) is 2. The summed E-state index contributed by atoms with van der Waals surface area (Å²) in [5, 5.41) is 0. The summed E-state index contributed by atoms with van der Waals surface area (Å²) < 4.78 is 15.3. The second kappa shape index (κ2) is 6.84. The van der Waals surface area contributed by atoms with Crippen molar-refractivity contribution in [2.75, 3.05) is 12.8 Å². The van der Waals surface area contributed by atoms with E-state index in [9.17, 15) is 9.36 Å². The van der Waals surface area contributed by atoms with Crippen molar-refractivity contribution in [2.45, 2.75) is 33.6 Å². The van der Waals surface area contributed by atoms with Gasteiger partial charge in [0, 0.05) is 5.57 Å². The van der Waals surface area contributed by atoms with Crippen LogP contribution in [0.4, 0.5) is 0 Å². The van der Waals surface area contributed by atoms with Crippen LogP contribution in [0.25, 0.3) is 0 Å². The molecule has 0 rings (SSSR count). The van der Waals surface area contributed by atoms with Crippen molar-refractivity contribution in [3.8, 4) is 0 Å². The SMILES string of the molecule is CCC(CC)=C(C)C(=O)OCCP(=O)(O)O.